The van der Waals surface area contributed by atoms with Crippen molar-refractivity contribution < 1.29 is 9.18 Å². The molecule has 18 heavy (non-hydrogen) atoms. The van der Waals surface area contributed by atoms with Crippen LogP contribution < -0.4 is 10.9 Å². The van der Waals surface area contributed by atoms with Gasteiger partial charge in [0.05, 0.1) is 0 Å². The molecular weight excluding hydrogens is 231 g/mol. The van der Waals surface area contributed by atoms with E-state index in [0.717, 1.165) is 10.9 Å². The average Bonchev–Trinajstić information content (AvgIpc) is 2.76. The zero-order valence-corrected chi connectivity index (χ0v) is 9.53. The number of fused-ring (bicyclic) bond motifs is 1. The first-order valence-corrected chi connectivity index (χ1v) is 5.67. The van der Waals surface area contributed by atoms with Crippen molar-refractivity contribution in [3.8, 4) is 0 Å². The summed E-state index contributed by atoms with van der Waals surface area (Å²) >= 11 is 0. The Morgan fingerprint density at radius 1 is 1.17 bits per heavy atom. The second-order valence-corrected chi connectivity index (χ2v) is 4.16. The maximum absolute atomic E-state index is 13.9. The van der Waals surface area contributed by atoms with Gasteiger partial charge < -0.3 is 0 Å². The molecule has 0 aromatic heterocycles. The van der Waals surface area contributed by atoms with Crippen LogP contribution in [0.25, 0.3) is 16.8 Å². The van der Waals surface area contributed by atoms with Crippen molar-refractivity contribution in [2.75, 3.05) is 6.54 Å². The van der Waals surface area contributed by atoms with Crippen LogP contribution in [0.4, 0.5) is 4.39 Å². The molecule has 0 radical (unpaired) electrons. The van der Waals surface area contributed by atoms with Crippen molar-refractivity contribution in [3.63, 3.8) is 0 Å². The third-order valence-electron chi connectivity index (χ3n) is 2.99. The first-order chi connectivity index (χ1) is 8.75. The number of benzene rings is 2. The second-order valence-electron chi connectivity index (χ2n) is 4.16. The third-order valence-corrected chi connectivity index (χ3v) is 2.99. The van der Waals surface area contributed by atoms with Crippen LogP contribution in [0.2, 0.25) is 0 Å². The molecule has 0 bridgehead atoms. The van der Waals surface area contributed by atoms with E-state index in [2.05, 4.69) is 10.9 Å². The maximum atomic E-state index is 13.9. The Morgan fingerprint density at radius 2 is 1.94 bits per heavy atom. The fraction of sp³-hybridized carbons (Fsp3) is 0.0714. The van der Waals surface area contributed by atoms with Gasteiger partial charge in [-0.2, -0.15) is 0 Å². The topological polar surface area (TPSA) is 41.1 Å². The molecule has 3 nitrogen and oxygen atoms in total. The highest BCUT2D eigenvalue weighted by molar-refractivity contribution is 6.02. The number of hydrogen-bond donors (Lipinski definition) is 2. The number of carbonyl (C=O) groups is 1. The van der Waals surface area contributed by atoms with Gasteiger partial charge >= 0.3 is 0 Å². The van der Waals surface area contributed by atoms with E-state index in [1.165, 1.54) is 6.07 Å². The van der Waals surface area contributed by atoms with Crippen LogP contribution in [0.1, 0.15) is 5.56 Å². The summed E-state index contributed by atoms with van der Waals surface area (Å²) < 4.78 is 13.9. The molecule has 0 aliphatic carbocycles. The molecule has 0 spiro atoms. The van der Waals surface area contributed by atoms with E-state index < -0.39 is 0 Å². The Bertz CT molecular complexity index is 659. The van der Waals surface area contributed by atoms with Gasteiger partial charge in [0.25, 0.3) is 5.91 Å². The minimum atomic E-state index is -0.272. The van der Waals surface area contributed by atoms with Crippen molar-refractivity contribution in [1.82, 2.24) is 10.9 Å². The molecule has 90 valence electrons. The minimum Gasteiger partial charge on any atom is -0.287 e. The summed E-state index contributed by atoms with van der Waals surface area (Å²) in [5, 5.41) is 1.38. The summed E-state index contributed by atoms with van der Waals surface area (Å²) in [6.07, 6.45) is 1.72. The maximum Gasteiger partial charge on any atom is 0.262 e. The number of nitrogens with one attached hydrogen (secondary N) is 2. The molecule has 3 rings (SSSR count). The smallest absolute Gasteiger partial charge is 0.262 e. The Morgan fingerprint density at radius 3 is 2.67 bits per heavy atom. The molecule has 1 saturated heterocycles. The van der Waals surface area contributed by atoms with Gasteiger partial charge in [-0.15, -0.1) is 0 Å². The van der Waals surface area contributed by atoms with E-state index >= 15 is 0 Å². The lowest BCUT2D eigenvalue weighted by Gasteiger charge is -2.04. The molecular formula is C14H11FN2O. The molecule has 0 saturated carbocycles. The number of hydrazine groups is 1. The van der Waals surface area contributed by atoms with Crippen LogP contribution in [0.3, 0.4) is 0 Å². The first kappa shape index (κ1) is 10.9. The minimum absolute atomic E-state index is 0.164. The van der Waals surface area contributed by atoms with Crippen molar-refractivity contribution >= 4 is 22.8 Å². The first-order valence-electron chi connectivity index (χ1n) is 5.67. The molecule has 4 heteroatoms. The number of rotatable bonds is 1. The van der Waals surface area contributed by atoms with Crippen molar-refractivity contribution in [2.45, 2.75) is 0 Å². The van der Waals surface area contributed by atoms with E-state index in [4.69, 9.17) is 0 Å². The Hall–Kier alpha value is -2.20. The molecule has 1 heterocycles. The fourth-order valence-electron chi connectivity index (χ4n) is 2.13. The number of carbonyl (C=O) groups excluding carboxylic acids is 1. The van der Waals surface area contributed by atoms with Gasteiger partial charge in [0.2, 0.25) is 0 Å². The molecule has 1 aliphatic rings. The average molecular weight is 242 g/mol. The van der Waals surface area contributed by atoms with Crippen molar-refractivity contribution in [3.05, 3.63) is 53.4 Å². The van der Waals surface area contributed by atoms with Crippen molar-refractivity contribution in [2.24, 2.45) is 0 Å². The molecule has 2 aromatic carbocycles. The lowest BCUT2D eigenvalue weighted by atomic mass is 10.0. The molecule has 0 atom stereocenters. The van der Waals surface area contributed by atoms with Crippen molar-refractivity contribution in [1.29, 1.82) is 0 Å². The Labute approximate surface area is 103 Å². The number of hydrogen-bond acceptors (Lipinski definition) is 2. The monoisotopic (exact) mass is 242 g/mol. The summed E-state index contributed by atoms with van der Waals surface area (Å²) in [5.74, 6) is -0.436. The molecule has 0 unspecified atom stereocenters. The SMILES string of the molecule is O=C1NNC/C1=C\c1cccc2cccc(F)c12. The van der Waals surface area contributed by atoms with Crippen LogP contribution in [0.5, 0.6) is 0 Å². The second kappa shape index (κ2) is 4.23. The van der Waals surface area contributed by atoms with E-state index in [-0.39, 0.29) is 11.7 Å². The summed E-state index contributed by atoms with van der Waals surface area (Å²) in [6.45, 7) is 0.448. The molecule has 2 aromatic rings. The summed E-state index contributed by atoms with van der Waals surface area (Å²) in [5.41, 5.74) is 6.57. The summed E-state index contributed by atoms with van der Waals surface area (Å²) in [7, 11) is 0. The van der Waals surface area contributed by atoms with Gasteiger partial charge in [-0.3, -0.25) is 10.2 Å². The Kier molecular flexibility index (Phi) is 2.57. The van der Waals surface area contributed by atoms with E-state index in [1.54, 1.807) is 12.1 Å². The van der Waals surface area contributed by atoms with E-state index in [1.807, 2.05) is 24.3 Å². The standard InChI is InChI=1S/C14H11FN2O/c15-12-6-2-4-9-3-1-5-10(13(9)12)7-11-8-16-17-14(11)18/h1-7,16H,8H2,(H,17,18)/b11-7+. The summed E-state index contributed by atoms with van der Waals surface area (Å²) in [4.78, 5) is 11.5. The fourth-order valence-corrected chi connectivity index (χ4v) is 2.13. The van der Waals surface area contributed by atoms with E-state index in [9.17, 15) is 9.18 Å². The van der Waals surface area contributed by atoms with Gasteiger partial charge in [0.15, 0.2) is 0 Å². The zero-order valence-electron chi connectivity index (χ0n) is 9.53. The molecule has 1 aliphatic heterocycles. The normalized spacial score (nSPS) is 17.4. The highest BCUT2D eigenvalue weighted by Crippen LogP contribution is 2.24. The number of amides is 1. The van der Waals surface area contributed by atoms with Crippen LogP contribution in [0.15, 0.2) is 42.0 Å². The van der Waals surface area contributed by atoms with E-state index in [0.29, 0.717) is 17.5 Å². The largest absolute Gasteiger partial charge is 0.287 e. The number of halogens is 1. The van der Waals surface area contributed by atoms with Crippen LogP contribution in [-0.2, 0) is 4.79 Å². The van der Waals surface area contributed by atoms with Crippen LogP contribution in [-0.4, -0.2) is 12.5 Å². The van der Waals surface area contributed by atoms with Gasteiger partial charge in [-0.25, -0.2) is 9.82 Å². The Balaban J connectivity index is 2.21. The molecule has 1 amide bonds. The highest BCUT2D eigenvalue weighted by Gasteiger charge is 2.16. The van der Waals surface area contributed by atoms with Gasteiger partial charge in [0, 0.05) is 17.5 Å². The highest BCUT2D eigenvalue weighted by atomic mass is 19.1. The van der Waals surface area contributed by atoms with Gasteiger partial charge in [0.1, 0.15) is 5.82 Å². The zero-order chi connectivity index (χ0) is 12.5. The van der Waals surface area contributed by atoms with Gasteiger partial charge in [-0.1, -0.05) is 30.3 Å². The third kappa shape index (κ3) is 1.76. The summed E-state index contributed by atoms with van der Waals surface area (Å²) in [6, 6.07) is 10.5. The molecule has 2 N–H and O–H groups in total. The lowest BCUT2D eigenvalue weighted by molar-refractivity contribution is -0.116. The van der Waals surface area contributed by atoms with Crippen LogP contribution >= 0.6 is 0 Å². The quantitative estimate of drug-likeness (QED) is 0.751. The predicted octanol–water partition coefficient (Wildman–Crippen LogP) is 2.00. The molecule has 1 fully saturated rings. The van der Waals surface area contributed by atoms with Gasteiger partial charge in [-0.05, 0) is 23.1 Å². The lowest BCUT2D eigenvalue weighted by Crippen LogP contribution is -2.25. The predicted molar refractivity (Wildman–Crippen MR) is 68.0 cm³/mol. The van der Waals surface area contributed by atoms with Crippen LogP contribution in [0, 0.1) is 5.82 Å².